The van der Waals surface area contributed by atoms with Crippen LogP contribution in [0.2, 0.25) is 0 Å². The monoisotopic (exact) mass is 328 g/mol. The number of aromatic nitrogens is 3. The molecule has 3 heterocycles. The molecule has 0 saturated carbocycles. The molecule has 1 amide bonds. The third-order valence-electron chi connectivity index (χ3n) is 4.12. The van der Waals surface area contributed by atoms with Crippen LogP contribution in [0.1, 0.15) is 12.7 Å². The van der Waals surface area contributed by atoms with Gasteiger partial charge in [0.1, 0.15) is 24.0 Å². The van der Waals surface area contributed by atoms with Gasteiger partial charge >= 0.3 is 0 Å². The van der Waals surface area contributed by atoms with Crippen LogP contribution in [-0.2, 0) is 11.3 Å². The molecule has 1 aliphatic heterocycles. The molecule has 0 radical (unpaired) electrons. The van der Waals surface area contributed by atoms with Gasteiger partial charge in [0.15, 0.2) is 0 Å². The Balaban J connectivity index is 1.59. The Morgan fingerprint density at radius 2 is 1.88 bits per heavy atom. The van der Waals surface area contributed by atoms with Crippen molar-refractivity contribution in [3.63, 3.8) is 0 Å². The Hall–Kier alpha value is -2.57. The van der Waals surface area contributed by atoms with Crippen molar-refractivity contribution in [3.8, 4) is 0 Å². The van der Waals surface area contributed by atoms with Gasteiger partial charge in [0.05, 0.1) is 0 Å². The van der Waals surface area contributed by atoms with Crippen molar-refractivity contribution in [2.24, 2.45) is 0 Å². The van der Waals surface area contributed by atoms with Gasteiger partial charge in [-0.2, -0.15) is 0 Å². The number of hydrogen-bond donors (Lipinski definition) is 1. The lowest BCUT2D eigenvalue weighted by Gasteiger charge is -2.35. The minimum atomic E-state index is 0.165. The Labute approximate surface area is 142 Å². The fourth-order valence-electron chi connectivity index (χ4n) is 2.90. The number of amides is 1. The number of nitrogens with zero attached hydrogens (tertiary/aromatic N) is 5. The fourth-order valence-corrected chi connectivity index (χ4v) is 2.90. The third kappa shape index (κ3) is 3.84. The summed E-state index contributed by atoms with van der Waals surface area (Å²) in [6, 6.07) is 5.85. The Bertz CT molecular complexity index is 676. The Morgan fingerprint density at radius 1 is 1.17 bits per heavy atom. The van der Waals surface area contributed by atoms with Crippen molar-refractivity contribution in [3.05, 3.63) is 36.4 Å². The summed E-state index contributed by atoms with van der Waals surface area (Å²) in [5.41, 5.74) is 0. The highest BCUT2D eigenvalue weighted by Crippen LogP contribution is 2.18. The molecule has 0 aromatic carbocycles. The summed E-state index contributed by atoms with van der Waals surface area (Å²) in [6.45, 7) is 8.22. The molecular formula is C17H24N6O. The van der Waals surface area contributed by atoms with E-state index in [0.29, 0.717) is 6.54 Å². The highest BCUT2D eigenvalue weighted by atomic mass is 16.2. The molecule has 0 unspecified atom stereocenters. The number of hydrogen-bond acceptors (Lipinski definition) is 5. The van der Waals surface area contributed by atoms with E-state index in [4.69, 9.17) is 0 Å². The number of piperazine rings is 1. The molecule has 1 fully saturated rings. The molecule has 0 atom stereocenters. The van der Waals surface area contributed by atoms with Crippen LogP contribution in [0.15, 0.2) is 30.6 Å². The summed E-state index contributed by atoms with van der Waals surface area (Å²) in [6.07, 6.45) is 3.83. The smallest absolute Gasteiger partial charge is 0.242 e. The van der Waals surface area contributed by atoms with Gasteiger partial charge < -0.3 is 19.7 Å². The van der Waals surface area contributed by atoms with Gasteiger partial charge in [0.2, 0.25) is 5.91 Å². The first-order chi connectivity index (χ1) is 11.7. The molecule has 128 valence electrons. The molecule has 1 aliphatic rings. The van der Waals surface area contributed by atoms with E-state index >= 15 is 0 Å². The largest absolute Gasteiger partial charge is 0.370 e. The molecule has 2 aromatic heterocycles. The predicted octanol–water partition coefficient (Wildman–Crippen LogP) is 1.37. The third-order valence-corrected chi connectivity index (χ3v) is 4.12. The minimum absolute atomic E-state index is 0.165. The van der Waals surface area contributed by atoms with Crippen LogP contribution < -0.4 is 10.2 Å². The molecule has 0 spiro atoms. The van der Waals surface area contributed by atoms with Crippen molar-refractivity contribution < 1.29 is 4.79 Å². The van der Waals surface area contributed by atoms with Crippen LogP contribution in [-0.4, -0.2) is 58.1 Å². The van der Waals surface area contributed by atoms with Crippen LogP contribution in [0.5, 0.6) is 0 Å². The second kappa shape index (κ2) is 7.33. The van der Waals surface area contributed by atoms with Crippen LogP contribution in [0.25, 0.3) is 0 Å². The Kier molecular flexibility index (Phi) is 4.98. The van der Waals surface area contributed by atoms with Crippen LogP contribution in [0.4, 0.5) is 11.6 Å². The zero-order valence-electron chi connectivity index (χ0n) is 14.3. The summed E-state index contributed by atoms with van der Waals surface area (Å²) in [4.78, 5) is 25.4. The van der Waals surface area contributed by atoms with Crippen molar-refractivity contribution in [2.75, 3.05) is 42.9 Å². The summed E-state index contributed by atoms with van der Waals surface area (Å²) >= 11 is 0. The van der Waals surface area contributed by atoms with Gasteiger partial charge in [-0.15, -0.1) is 0 Å². The van der Waals surface area contributed by atoms with Crippen LogP contribution in [0.3, 0.4) is 0 Å². The second-order valence-electron chi connectivity index (χ2n) is 5.91. The van der Waals surface area contributed by atoms with Crippen molar-refractivity contribution >= 4 is 17.5 Å². The van der Waals surface area contributed by atoms with E-state index in [-0.39, 0.29) is 5.91 Å². The quantitative estimate of drug-likeness (QED) is 0.898. The lowest BCUT2D eigenvalue weighted by Crippen LogP contribution is -2.49. The van der Waals surface area contributed by atoms with Gasteiger partial charge in [0, 0.05) is 51.2 Å². The molecule has 7 heteroatoms. The molecule has 2 aromatic rings. The number of carbonyl (C=O) groups excluding carboxylic acids is 1. The highest BCUT2D eigenvalue weighted by molar-refractivity contribution is 5.76. The fraction of sp³-hybridized carbons (Fsp3) is 0.471. The summed E-state index contributed by atoms with van der Waals surface area (Å²) in [5.74, 6) is 2.70. The zero-order chi connectivity index (χ0) is 16.9. The van der Waals surface area contributed by atoms with E-state index in [9.17, 15) is 4.79 Å². The lowest BCUT2D eigenvalue weighted by atomic mass is 10.3. The average Bonchev–Trinajstić information content (AvgIpc) is 3.08. The maximum atomic E-state index is 12.4. The van der Waals surface area contributed by atoms with Crippen molar-refractivity contribution in [1.82, 2.24) is 19.4 Å². The minimum Gasteiger partial charge on any atom is -0.370 e. The Morgan fingerprint density at radius 3 is 2.54 bits per heavy atom. The molecule has 3 rings (SSSR count). The maximum Gasteiger partial charge on any atom is 0.242 e. The molecule has 1 saturated heterocycles. The first kappa shape index (κ1) is 16.3. The lowest BCUT2D eigenvalue weighted by molar-refractivity contribution is -0.132. The number of nitrogens with one attached hydrogen (secondary N) is 1. The van der Waals surface area contributed by atoms with E-state index < -0.39 is 0 Å². The highest BCUT2D eigenvalue weighted by Gasteiger charge is 2.22. The van der Waals surface area contributed by atoms with Gasteiger partial charge in [0.25, 0.3) is 0 Å². The SMILES string of the molecule is CCNc1cc(N2CCN(C(=O)Cn3cccc3)CC2)nc(C)n1. The summed E-state index contributed by atoms with van der Waals surface area (Å²) < 4.78 is 1.91. The molecule has 0 aliphatic carbocycles. The van der Waals surface area contributed by atoms with E-state index in [1.807, 2.05) is 53.9 Å². The predicted molar refractivity (Wildman–Crippen MR) is 94.2 cm³/mol. The van der Waals surface area contributed by atoms with Crippen LogP contribution in [0, 0.1) is 6.92 Å². The van der Waals surface area contributed by atoms with Gasteiger partial charge in [-0.1, -0.05) is 0 Å². The molecule has 24 heavy (non-hydrogen) atoms. The van der Waals surface area contributed by atoms with E-state index in [1.165, 1.54) is 0 Å². The van der Waals surface area contributed by atoms with Gasteiger partial charge in [-0.05, 0) is 26.0 Å². The maximum absolute atomic E-state index is 12.4. The number of rotatable bonds is 5. The topological polar surface area (TPSA) is 66.3 Å². The summed E-state index contributed by atoms with van der Waals surface area (Å²) in [5, 5.41) is 3.23. The first-order valence-electron chi connectivity index (χ1n) is 8.38. The van der Waals surface area contributed by atoms with Gasteiger partial charge in [-0.3, -0.25) is 4.79 Å². The molecular weight excluding hydrogens is 304 g/mol. The van der Waals surface area contributed by atoms with Gasteiger partial charge in [-0.25, -0.2) is 9.97 Å². The molecule has 7 nitrogen and oxygen atoms in total. The van der Waals surface area contributed by atoms with Crippen LogP contribution >= 0.6 is 0 Å². The summed E-state index contributed by atoms with van der Waals surface area (Å²) in [7, 11) is 0. The molecule has 0 bridgehead atoms. The molecule has 1 N–H and O–H groups in total. The van der Waals surface area contributed by atoms with Crippen molar-refractivity contribution in [2.45, 2.75) is 20.4 Å². The average molecular weight is 328 g/mol. The number of aryl methyl sites for hydroxylation is 1. The standard InChI is InChI=1S/C17H24N6O/c1-3-18-15-12-16(20-14(2)19-15)22-8-10-23(11-9-22)17(24)13-21-6-4-5-7-21/h4-7,12H,3,8-11,13H2,1-2H3,(H,18,19,20). The number of anilines is 2. The first-order valence-corrected chi connectivity index (χ1v) is 8.38. The zero-order valence-corrected chi connectivity index (χ0v) is 14.3. The van der Waals surface area contributed by atoms with E-state index in [1.54, 1.807) is 0 Å². The van der Waals surface area contributed by atoms with E-state index in [0.717, 1.165) is 50.2 Å². The normalized spacial score (nSPS) is 14.8. The number of carbonyl (C=O) groups is 1. The second-order valence-corrected chi connectivity index (χ2v) is 5.91. The van der Waals surface area contributed by atoms with Crippen molar-refractivity contribution in [1.29, 1.82) is 0 Å². The van der Waals surface area contributed by atoms with E-state index in [2.05, 4.69) is 20.2 Å².